The maximum absolute atomic E-state index is 11.7. The number of hydrogen-bond acceptors (Lipinski definition) is 4. The smallest absolute Gasteiger partial charge is 0.294 e. The van der Waals surface area contributed by atoms with Crippen molar-refractivity contribution in [2.45, 2.75) is 35.9 Å². The second-order valence-electron chi connectivity index (χ2n) is 4.71. The first-order chi connectivity index (χ1) is 9.56. The minimum Gasteiger partial charge on any atom is -0.294 e. The van der Waals surface area contributed by atoms with E-state index in [4.69, 9.17) is 0 Å². The summed E-state index contributed by atoms with van der Waals surface area (Å²) in [5.74, 6) is -0.00958. The molecule has 1 saturated carbocycles. The van der Waals surface area contributed by atoms with Gasteiger partial charge in [0.05, 0.1) is 0 Å². The maximum atomic E-state index is 11.7. The zero-order chi connectivity index (χ0) is 14.3. The van der Waals surface area contributed by atoms with Gasteiger partial charge in [0, 0.05) is 21.0 Å². The molecule has 0 atom stereocenters. The topological polar surface area (TPSA) is 67.8 Å². The van der Waals surface area contributed by atoms with E-state index in [-0.39, 0.29) is 17.5 Å². The molecule has 0 aliphatic heterocycles. The molecule has 20 heavy (non-hydrogen) atoms. The van der Waals surface area contributed by atoms with E-state index in [1.165, 1.54) is 18.7 Å². The van der Waals surface area contributed by atoms with E-state index in [0.717, 1.165) is 22.2 Å². The lowest BCUT2D eigenvalue weighted by atomic mass is 10.1. The van der Waals surface area contributed by atoms with Gasteiger partial charge in [-0.2, -0.15) is 0 Å². The van der Waals surface area contributed by atoms with Crippen LogP contribution in [-0.4, -0.2) is 20.5 Å². The van der Waals surface area contributed by atoms with Gasteiger partial charge < -0.3 is 0 Å². The predicted molar refractivity (Wildman–Crippen MR) is 79.4 cm³/mol. The number of nitrogens with one attached hydrogen (secondary N) is 1. The van der Waals surface area contributed by atoms with Gasteiger partial charge in [-0.3, -0.25) is 9.36 Å². The van der Waals surface area contributed by atoms with Gasteiger partial charge >= 0.3 is 5.69 Å². The number of Topliss-reactive ketones (excluding diaryl/α,β-unsaturated/α-hetero) is 1. The van der Waals surface area contributed by atoms with E-state index in [0.29, 0.717) is 10.7 Å². The Morgan fingerprint density at radius 1 is 1.50 bits per heavy atom. The number of rotatable bonds is 4. The zero-order valence-electron chi connectivity index (χ0n) is 10.7. The molecular formula is C13H12BrN3O2S. The molecule has 104 valence electrons. The van der Waals surface area contributed by atoms with Crippen molar-refractivity contribution in [3.8, 4) is 0 Å². The van der Waals surface area contributed by atoms with Gasteiger partial charge in [-0.15, -0.1) is 5.10 Å². The number of ketones is 1. The number of benzene rings is 1. The quantitative estimate of drug-likeness (QED) is 0.857. The van der Waals surface area contributed by atoms with Crippen molar-refractivity contribution >= 4 is 33.5 Å². The molecule has 1 aromatic carbocycles. The Kier molecular flexibility index (Phi) is 3.55. The number of carbonyl (C=O) groups excluding carboxylic acids is 1. The van der Waals surface area contributed by atoms with E-state index in [2.05, 4.69) is 26.1 Å². The van der Waals surface area contributed by atoms with Gasteiger partial charge in [-0.1, -0.05) is 15.9 Å². The average molecular weight is 354 g/mol. The third-order valence-electron chi connectivity index (χ3n) is 3.11. The lowest BCUT2D eigenvalue weighted by Crippen LogP contribution is -2.16. The molecular weight excluding hydrogens is 342 g/mol. The highest BCUT2D eigenvalue weighted by Gasteiger charge is 2.29. The molecule has 5 nitrogen and oxygen atoms in total. The van der Waals surface area contributed by atoms with Crippen LogP contribution < -0.4 is 5.69 Å². The van der Waals surface area contributed by atoms with Crippen LogP contribution in [0.2, 0.25) is 0 Å². The van der Waals surface area contributed by atoms with Gasteiger partial charge in [-0.25, -0.2) is 9.89 Å². The highest BCUT2D eigenvalue weighted by Crippen LogP contribution is 2.38. The Morgan fingerprint density at radius 2 is 2.25 bits per heavy atom. The minimum absolute atomic E-state index is 0.00958. The summed E-state index contributed by atoms with van der Waals surface area (Å²) < 4.78 is 2.53. The number of carbonyl (C=O) groups is 1. The molecule has 7 heteroatoms. The van der Waals surface area contributed by atoms with Crippen molar-refractivity contribution in [2.75, 3.05) is 0 Å². The summed E-state index contributed by atoms with van der Waals surface area (Å²) in [7, 11) is 0. The molecule has 2 aromatic rings. The van der Waals surface area contributed by atoms with Crippen molar-refractivity contribution in [2.24, 2.45) is 0 Å². The van der Waals surface area contributed by atoms with Gasteiger partial charge in [0.2, 0.25) is 0 Å². The number of nitrogens with zero attached hydrogens (tertiary/aromatic N) is 2. The van der Waals surface area contributed by atoms with Crippen molar-refractivity contribution in [3.05, 3.63) is 38.7 Å². The first kappa shape index (κ1) is 13.6. The molecule has 1 heterocycles. The second kappa shape index (κ2) is 5.21. The zero-order valence-corrected chi connectivity index (χ0v) is 13.1. The molecule has 0 amide bonds. The molecule has 3 rings (SSSR count). The second-order valence-corrected chi connectivity index (χ2v) is 6.64. The molecule has 1 aliphatic rings. The van der Waals surface area contributed by atoms with Gasteiger partial charge in [0.25, 0.3) is 0 Å². The van der Waals surface area contributed by atoms with E-state index in [9.17, 15) is 9.59 Å². The van der Waals surface area contributed by atoms with Crippen LogP contribution in [0.15, 0.2) is 37.5 Å². The van der Waals surface area contributed by atoms with Crippen LogP contribution in [0.5, 0.6) is 0 Å². The molecule has 0 unspecified atom stereocenters. The Balaban J connectivity index is 1.99. The van der Waals surface area contributed by atoms with Crippen LogP contribution >= 0.6 is 27.7 Å². The lowest BCUT2D eigenvalue weighted by molar-refractivity contribution is 0.101. The largest absolute Gasteiger partial charge is 0.344 e. The Hall–Kier alpha value is -1.34. The molecule has 1 aromatic heterocycles. The van der Waals surface area contributed by atoms with E-state index >= 15 is 0 Å². The Labute approximate surface area is 127 Å². The fourth-order valence-electron chi connectivity index (χ4n) is 1.98. The van der Waals surface area contributed by atoms with Gasteiger partial charge in [0.15, 0.2) is 10.9 Å². The summed E-state index contributed by atoms with van der Waals surface area (Å²) in [4.78, 5) is 24.3. The Bertz CT molecular complexity index is 733. The summed E-state index contributed by atoms with van der Waals surface area (Å²) in [6.45, 7) is 1.53. The average Bonchev–Trinajstić information content (AvgIpc) is 3.17. The highest BCUT2D eigenvalue weighted by molar-refractivity contribution is 9.10. The first-order valence-electron chi connectivity index (χ1n) is 6.21. The first-order valence-corrected chi connectivity index (χ1v) is 7.82. The minimum atomic E-state index is -0.184. The van der Waals surface area contributed by atoms with Crippen LogP contribution in [0, 0.1) is 0 Å². The van der Waals surface area contributed by atoms with Crippen LogP contribution in [-0.2, 0) is 0 Å². The SMILES string of the molecule is CC(=O)c1cc(Br)ccc1Sc1n[nH]c(=O)n1C1CC1. The third-order valence-corrected chi connectivity index (χ3v) is 4.65. The van der Waals surface area contributed by atoms with Gasteiger partial charge in [-0.05, 0) is 49.7 Å². The molecule has 0 bridgehead atoms. The van der Waals surface area contributed by atoms with Crippen LogP contribution in [0.25, 0.3) is 0 Å². The normalized spacial score (nSPS) is 14.5. The summed E-state index contributed by atoms with van der Waals surface area (Å²) in [5, 5.41) is 7.16. The molecule has 0 spiro atoms. The van der Waals surface area contributed by atoms with Crippen molar-refractivity contribution in [3.63, 3.8) is 0 Å². The molecule has 1 aliphatic carbocycles. The van der Waals surface area contributed by atoms with Crippen molar-refractivity contribution in [1.29, 1.82) is 0 Å². The predicted octanol–water partition coefficient (Wildman–Crippen LogP) is 3.02. The third kappa shape index (κ3) is 2.60. The van der Waals surface area contributed by atoms with Crippen molar-refractivity contribution < 1.29 is 4.79 Å². The monoisotopic (exact) mass is 353 g/mol. The molecule has 1 fully saturated rings. The van der Waals surface area contributed by atoms with E-state index < -0.39 is 0 Å². The summed E-state index contributed by atoms with van der Waals surface area (Å²) in [6.07, 6.45) is 2.01. The van der Waals surface area contributed by atoms with Crippen molar-refractivity contribution in [1.82, 2.24) is 14.8 Å². The summed E-state index contributed by atoms with van der Waals surface area (Å²) in [5.41, 5.74) is 0.443. The van der Waals surface area contributed by atoms with E-state index in [1.54, 1.807) is 10.6 Å². The summed E-state index contributed by atoms with van der Waals surface area (Å²) >= 11 is 4.71. The fraction of sp³-hybridized carbons (Fsp3) is 0.308. The number of H-pyrrole nitrogens is 1. The van der Waals surface area contributed by atoms with Gasteiger partial charge in [0.1, 0.15) is 0 Å². The number of aromatic nitrogens is 3. The number of halogens is 1. The maximum Gasteiger partial charge on any atom is 0.344 e. The standard InChI is InChI=1S/C13H12BrN3O2S/c1-7(18)10-6-8(14)2-5-11(10)20-13-16-15-12(19)17(13)9-3-4-9/h2,5-6,9H,3-4H2,1H3,(H,15,19). The number of hydrogen-bond donors (Lipinski definition) is 1. The van der Waals surface area contributed by atoms with Crippen LogP contribution in [0.4, 0.5) is 0 Å². The highest BCUT2D eigenvalue weighted by atomic mass is 79.9. The van der Waals surface area contributed by atoms with E-state index in [1.807, 2.05) is 12.1 Å². The molecule has 1 N–H and O–H groups in total. The van der Waals surface area contributed by atoms with Crippen LogP contribution in [0.3, 0.4) is 0 Å². The lowest BCUT2D eigenvalue weighted by Gasteiger charge is -2.07. The Morgan fingerprint density at radius 3 is 2.90 bits per heavy atom. The molecule has 0 saturated heterocycles. The molecule has 0 radical (unpaired) electrons. The van der Waals surface area contributed by atoms with Crippen LogP contribution in [0.1, 0.15) is 36.2 Å². The fourth-order valence-corrected chi connectivity index (χ4v) is 3.41. The number of aromatic amines is 1. The summed E-state index contributed by atoms with van der Waals surface area (Å²) in [6, 6.07) is 5.78.